The molecule has 0 radical (unpaired) electrons. The van der Waals surface area contributed by atoms with Gasteiger partial charge in [-0.05, 0) is 24.3 Å². The molecule has 0 unspecified atom stereocenters. The Bertz CT molecular complexity index is 862. The van der Waals surface area contributed by atoms with E-state index in [2.05, 4.69) is 0 Å². The zero-order valence-electron chi connectivity index (χ0n) is 14.1. The van der Waals surface area contributed by atoms with Crippen molar-refractivity contribution in [1.29, 1.82) is 0 Å². The lowest BCUT2D eigenvalue weighted by atomic mass is 10.1. The van der Waals surface area contributed by atoms with Crippen molar-refractivity contribution >= 4 is 17.3 Å². The Labute approximate surface area is 153 Å². The minimum absolute atomic E-state index is 0.00928. The van der Waals surface area contributed by atoms with Gasteiger partial charge in [0.1, 0.15) is 5.56 Å². The van der Waals surface area contributed by atoms with Crippen molar-refractivity contribution in [2.75, 3.05) is 31.1 Å². The second kappa shape index (κ2) is 7.26. The van der Waals surface area contributed by atoms with Crippen LogP contribution in [0.1, 0.15) is 15.9 Å². The molecule has 0 aliphatic carbocycles. The van der Waals surface area contributed by atoms with E-state index in [9.17, 15) is 28.1 Å². The van der Waals surface area contributed by atoms with Crippen molar-refractivity contribution in [1.82, 2.24) is 4.90 Å². The summed E-state index contributed by atoms with van der Waals surface area (Å²) in [5.41, 5.74) is -0.543. The Morgan fingerprint density at radius 2 is 1.67 bits per heavy atom. The highest BCUT2D eigenvalue weighted by molar-refractivity contribution is 5.98. The molecule has 6 nitrogen and oxygen atoms in total. The summed E-state index contributed by atoms with van der Waals surface area (Å²) >= 11 is 0. The van der Waals surface area contributed by atoms with E-state index in [4.69, 9.17) is 0 Å². The third kappa shape index (κ3) is 4.02. The van der Waals surface area contributed by atoms with Crippen LogP contribution in [-0.2, 0) is 6.18 Å². The highest BCUT2D eigenvalue weighted by atomic mass is 19.4. The average Bonchev–Trinajstić information content (AvgIpc) is 2.67. The Kier molecular flexibility index (Phi) is 5.02. The standard InChI is InChI=1S/C18H16F3N3O3/c19-18(20,21)13-4-3-5-14(12-13)22-8-10-23(11-9-22)17(25)15-6-1-2-7-16(15)24(26)27/h1-7,12H,8-11H2. The molecule has 0 spiro atoms. The number of rotatable bonds is 3. The summed E-state index contributed by atoms with van der Waals surface area (Å²) in [6, 6.07) is 10.8. The molecule has 0 saturated carbocycles. The number of para-hydroxylation sites is 1. The van der Waals surface area contributed by atoms with E-state index in [0.717, 1.165) is 12.1 Å². The Hall–Kier alpha value is -3.10. The van der Waals surface area contributed by atoms with Gasteiger partial charge in [0.25, 0.3) is 11.6 Å². The molecule has 1 heterocycles. The second-order valence-electron chi connectivity index (χ2n) is 6.10. The normalized spacial score (nSPS) is 14.9. The van der Waals surface area contributed by atoms with Crippen LogP contribution < -0.4 is 4.90 Å². The molecule has 9 heteroatoms. The summed E-state index contributed by atoms with van der Waals surface area (Å²) in [5, 5.41) is 11.1. The van der Waals surface area contributed by atoms with Gasteiger partial charge in [-0.25, -0.2) is 0 Å². The van der Waals surface area contributed by atoms with Gasteiger partial charge in [0, 0.05) is 37.9 Å². The van der Waals surface area contributed by atoms with Crippen LogP contribution in [0.2, 0.25) is 0 Å². The van der Waals surface area contributed by atoms with Gasteiger partial charge in [-0.2, -0.15) is 13.2 Å². The number of hydrogen-bond acceptors (Lipinski definition) is 4. The Morgan fingerprint density at radius 3 is 2.30 bits per heavy atom. The van der Waals surface area contributed by atoms with Gasteiger partial charge in [-0.3, -0.25) is 14.9 Å². The zero-order chi connectivity index (χ0) is 19.6. The molecule has 3 rings (SSSR count). The third-order valence-electron chi connectivity index (χ3n) is 4.44. The van der Waals surface area contributed by atoms with Crippen LogP contribution in [0.25, 0.3) is 0 Å². The monoisotopic (exact) mass is 379 g/mol. The second-order valence-corrected chi connectivity index (χ2v) is 6.10. The fraction of sp³-hybridized carbons (Fsp3) is 0.278. The van der Waals surface area contributed by atoms with Crippen LogP contribution in [0.3, 0.4) is 0 Å². The Balaban J connectivity index is 1.71. The molecule has 2 aromatic carbocycles. The smallest absolute Gasteiger partial charge is 0.368 e. The summed E-state index contributed by atoms with van der Waals surface area (Å²) in [7, 11) is 0. The van der Waals surface area contributed by atoms with Gasteiger partial charge in [0.05, 0.1) is 10.5 Å². The molecule has 0 N–H and O–H groups in total. The van der Waals surface area contributed by atoms with Crippen LogP contribution in [0, 0.1) is 10.1 Å². The maximum absolute atomic E-state index is 12.9. The fourth-order valence-corrected chi connectivity index (χ4v) is 3.03. The van der Waals surface area contributed by atoms with E-state index >= 15 is 0 Å². The van der Waals surface area contributed by atoms with Gasteiger partial charge in [-0.1, -0.05) is 18.2 Å². The summed E-state index contributed by atoms with van der Waals surface area (Å²) in [4.78, 5) is 26.3. The minimum atomic E-state index is -4.42. The maximum atomic E-state index is 12.9. The quantitative estimate of drug-likeness (QED) is 0.604. The number of halogens is 3. The lowest BCUT2D eigenvalue weighted by Gasteiger charge is -2.36. The first-order chi connectivity index (χ1) is 12.8. The van der Waals surface area contributed by atoms with Crippen molar-refractivity contribution in [3.8, 4) is 0 Å². The van der Waals surface area contributed by atoms with Crippen LogP contribution >= 0.6 is 0 Å². The molecular formula is C18H16F3N3O3. The summed E-state index contributed by atoms with van der Waals surface area (Å²) < 4.78 is 38.6. The zero-order valence-corrected chi connectivity index (χ0v) is 14.1. The van der Waals surface area contributed by atoms with Gasteiger partial charge in [0.2, 0.25) is 0 Å². The predicted molar refractivity (Wildman–Crippen MR) is 92.7 cm³/mol. The molecule has 1 fully saturated rings. The molecule has 1 aliphatic heterocycles. The Morgan fingerprint density at radius 1 is 1.00 bits per heavy atom. The highest BCUT2D eigenvalue weighted by Crippen LogP contribution is 2.32. The van der Waals surface area contributed by atoms with E-state index in [-0.39, 0.29) is 24.3 Å². The van der Waals surface area contributed by atoms with Crippen LogP contribution in [-0.4, -0.2) is 41.9 Å². The van der Waals surface area contributed by atoms with Gasteiger partial charge >= 0.3 is 6.18 Å². The maximum Gasteiger partial charge on any atom is 0.416 e. The molecule has 1 aliphatic rings. The largest absolute Gasteiger partial charge is 0.416 e. The van der Waals surface area contributed by atoms with Crippen molar-refractivity contribution < 1.29 is 22.9 Å². The highest BCUT2D eigenvalue weighted by Gasteiger charge is 2.32. The van der Waals surface area contributed by atoms with Gasteiger partial charge in [0.15, 0.2) is 0 Å². The number of piperazine rings is 1. The number of amides is 1. The van der Waals surface area contributed by atoms with Crippen molar-refractivity contribution in [3.63, 3.8) is 0 Å². The number of alkyl halides is 3. The number of nitrogens with zero attached hydrogens (tertiary/aromatic N) is 3. The summed E-state index contributed by atoms with van der Waals surface area (Å²) in [5.74, 6) is -0.453. The number of carbonyl (C=O) groups is 1. The van der Waals surface area contributed by atoms with E-state index in [1.54, 1.807) is 17.0 Å². The summed E-state index contributed by atoms with van der Waals surface area (Å²) in [6.07, 6.45) is -4.42. The summed E-state index contributed by atoms with van der Waals surface area (Å²) in [6.45, 7) is 1.21. The first kappa shape index (κ1) is 18.7. The van der Waals surface area contributed by atoms with Crippen molar-refractivity contribution in [3.05, 3.63) is 69.8 Å². The van der Waals surface area contributed by atoms with Gasteiger partial charge < -0.3 is 9.80 Å². The first-order valence-electron chi connectivity index (χ1n) is 8.22. The van der Waals surface area contributed by atoms with Gasteiger partial charge in [-0.15, -0.1) is 0 Å². The molecule has 0 atom stereocenters. The average molecular weight is 379 g/mol. The molecule has 1 amide bonds. The molecule has 27 heavy (non-hydrogen) atoms. The number of benzene rings is 2. The molecule has 0 bridgehead atoms. The molecular weight excluding hydrogens is 363 g/mol. The van der Waals surface area contributed by atoms with E-state index < -0.39 is 22.6 Å². The predicted octanol–water partition coefficient (Wildman–Crippen LogP) is 3.58. The third-order valence-corrected chi connectivity index (χ3v) is 4.44. The van der Waals surface area contributed by atoms with Crippen LogP contribution in [0.15, 0.2) is 48.5 Å². The van der Waals surface area contributed by atoms with E-state index in [0.29, 0.717) is 18.8 Å². The van der Waals surface area contributed by atoms with Crippen LogP contribution in [0.5, 0.6) is 0 Å². The number of hydrogen-bond donors (Lipinski definition) is 0. The van der Waals surface area contributed by atoms with Crippen molar-refractivity contribution in [2.45, 2.75) is 6.18 Å². The fourth-order valence-electron chi connectivity index (χ4n) is 3.03. The molecule has 2 aromatic rings. The van der Waals surface area contributed by atoms with Crippen LogP contribution in [0.4, 0.5) is 24.5 Å². The number of nitro groups is 1. The molecule has 1 saturated heterocycles. The number of anilines is 1. The molecule has 0 aromatic heterocycles. The molecule has 142 valence electrons. The van der Waals surface area contributed by atoms with Crippen molar-refractivity contribution in [2.24, 2.45) is 0 Å². The first-order valence-corrected chi connectivity index (χ1v) is 8.22. The number of carbonyl (C=O) groups excluding carboxylic acids is 1. The SMILES string of the molecule is O=C(c1ccccc1[N+](=O)[O-])N1CCN(c2cccc(C(F)(F)F)c2)CC1. The lowest BCUT2D eigenvalue weighted by molar-refractivity contribution is -0.385. The van der Waals surface area contributed by atoms with E-state index in [1.165, 1.54) is 29.2 Å². The van der Waals surface area contributed by atoms with E-state index in [1.807, 2.05) is 0 Å². The number of nitro benzene ring substituents is 1. The topological polar surface area (TPSA) is 66.7 Å². The minimum Gasteiger partial charge on any atom is -0.368 e. The lowest BCUT2D eigenvalue weighted by Crippen LogP contribution is -2.49.